The third kappa shape index (κ3) is 3.58. The van der Waals surface area contributed by atoms with Crippen LogP contribution < -0.4 is 15.5 Å². The molecule has 3 heterocycles. The molecule has 8 nitrogen and oxygen atoms in total. The SMILES string of the molecule is CCCCC1CC1Nc1cc(N(C)C)nc2c(C=C3CC(=O)NC3=O)cnn12. The zero-order valence-corrected chi connectivity index (χ0v) is 16.5. The Balaban J connectivity index is 1.67. The van der Waals surface area contributed by atoms with Gasteiger partial charge in [-0.3, -0.25) is 14.9 Å². The predicted octanol–water partition coefficient (Wildman–Crippen LogP) is 2.22. The van der Waals surface area contributed by atoms with Crippen molar-refractivity contribution in [1.29, 1.82) is 0 Å². The molecule has 1 saturated heterocycles. The van der Waals surface area contributed by atoms with Crippen molar-refractivity contribution >= 4 is 35.2 Å². The van der Waals surface area contributed by atoms with Crippen LogP contribution in [0, 0.1) is 5.92 Å². The van der Waals surface area contributed by atoms with Gasteiger partial charge in [-0.1, -0.05) is 19.8 Å². The van der Waals surface area contributed by atoms with E-state index in [0.29, 0.717) is 17.3 Å². The average molecular weight is 382 g/mol. The summed E-state index contributed by atoms with van der Waals surface area (Å²) in [6.45, 7) is 2.22. The molecule has 2 N–H and O–H groups in total. The summed E-state index contributed by atoms with van der Waals surface area (Å²) in [7, 11) is 3.89. The Kier molecular flexibility index (Phi) is 4.78. The second kappa shape index (κ2) is 7.26. The standard InChI is InChI=1S/C20H26N6O2/c1-4-5-6-12-8-15(12)22-17-10-16(25(2)3)23-19-14(11-21-26(17)19)7-13-9-18(27)24-20(13)28/h7,10-12,15,22H,4-6,8-9H2,1-3H3,(H,24,27,28). The summed E-state index contributed by atoms with van der Waals surface area (Å²) < 4.78 is 1.78. The van der Waals surface area contributed by atoms with Crippen LogP contribution in [0.4, 0.5) is 11.6 Å². The second-order valence-corrected chi connectivity index (χ2v) is 7.84. The molecule has 2 aromatic rings. The highest BCUT2D eigenvalue weighted by Crippen LogP contribution is 2.38. The predicted molar refractivity (Wildman–Crippen MR) is 108 cm³/mol. The van der Waals surface area contributed by atoms with E-state index < -0.39 is 0 Å². The van der Waals surface area contributed by atoms with Gasteiger partial charge in [0.05, 0.1) is 12.6 Å². The molecule has 1 aliphatic heterocycles. The summed E-state index contributed by atoms with van der Waals surface area (Å²) in [5, 5.41) is 10.4. The number of imide groups is 1. The van der Waals surface area contributed by atoms with E-state index in [-0.39, 0.29) is 18.2 Å². The van der Waals surface area contributed by atoms with Crippen molar-refractivity contribution < 1.29 is 9.59 Å². The third-order valence-corrected chi connectivity index (χ3v) is 5.35. The van der Waals surface area contributed by atoms with Crippen LogP contribution in [-0.2, 0) is 9.59 Å². The molecule has 2 aromatic heterocycles. The lowest BCUT2D eigenvalue weighted by atomic mass is 10.1. The number of unbranched alkanes of at least 4 members (excludes halogenated alkanes) is 1. The summed E-state index contributed by atoms with van der Waals surface area (Å²) in [5.74, 6) is 1.81. The van der Waals surface area contributed by atoms with Crippen LogP contribution in [0.25, 0.3) is 11.7 Å². The first-order valence-electron chi connectivity index (χ1n) is 9.83. The van der Waals surface area contributed by atoms with Gasteiger partial charge in [0.2, 0.25) is 5.91 Å². The van der Waals surface area contributed by atoms with Crippen LogP contribution >= 0.6 is 0 Å². The molecule has 2 unspecified atom stereocenters. The molecule has 2 fully saturated rings. The fourth-order valence-corrected chi connectivity index (χ4v) is 3.61. The molecule has 148 valence electrons. The van der Waals surface area contributed by atoms with E-state index in [1.807, 2.05) is 25.1 Å². The fourth-order valence-electron chi connectivity index (χ4n) is 3.61. The van der Waals surface area contributed by atoms with Crippen molar-refractivity contribution in [3.8, 4) is 0 Å². The van der Waals surface area contributed by atoms with Gasteiger partial charge in [-0.05, 0) is 24.8 Å². The van der Waals surface area contributed by atoms with Crippen molar-refractivity contribution in [2.24, 2.45) is 5.92 Å². The summed E-state index contributed by atoms with van der Waals surface area (Å²) in [5.41, 5.74) is 1.83. The van der Waals surface area contributed by atoms with E-state index in [2.05, 4.69) is 22.7 Å². The van der Waals surface area contributed by atoms with Crippen LogP contribution in [0.2, 0.25) is 0 Å². The van der Waals surface area contributed by atoms with Gasteiger partial charge in [0, 0.05) is 37.3 Å². The van der Waals surface area contributed by atoms with Gasteiger partial charge < -0.3 is 10.2 Å². The van der Waals surface area contributed by atoms with Gasteiger partial charge in [0.1, 0.15) is 11.6 Å². The van der Waals surface area contributed by atoms with E-state index in [9.17, 15) is 9.59 Å². The molecule has 1 aliphatic carbocycles. The minimum atomic E-state index is -0.344. The van der Waals surface area contributed by atoms with Crippen LogP contribution in [0.5, 0.6) is 0 Å². The highest BCUT2D eigenvalue weighted by Gasteiger charge is 2.36. The number of fused-ring (bicyclic) bond motifs is 1. The van der Waals surface area contributed by atoms with Crippen LogP contribution in [0.3, 0.4) is 0 Å². The molecule has 4 rings (SSSR count). The average Bonchev–Trinajstić information content (AvgIpc) is 3.13. The largest absolute Gasteiger partial charge is 0.367 e. The minimum absolute atomic E-state index is 0.0931. The topological polar surface area (TPSA) is 91.6 Å². The molecule has 0 spiro atoms. The van der Waals surface area contributed by atoms with Gasteiger partial charge in [0.25, 0.3) is 5.91 Å². The van der Waals surface area contributed by atoms with E-state index in [1.54, 1.807) is 16.8 Å². The molecular weight excluding hydrogens is 356 g/mol. The van der Waals surface area contributed by atoms with Gasteiger partial charge in [-0.2, -0.15) is 9.61 Å². The molecule has 0 aromatic carbocycles. The summed E-state index contributed by atoms with van der Waals surface area (Å²) >= 11 is 0. The maximum atomic E-state index is 11.9. The van der Waals surface area contributed by atoms with Crippen molar-refractivity contribution in [2.45, 2.75) is 45.1 Å². The number of carbonyl (C=O) groups is 2. The molecule has 2 aliphatic rings. The molecule has 1 saturated carbocycles. The Labute approximate surface area is 164 Å². The maximum absolute atomic E-state index is 11.9. The first kappa shape index (κ1) is 18.5. The second-order valence-electron chi connectivity index (χ2n) is 7.84. The number of nitrogens with one attached hydrogen (secondary N) is 2. The highest BCUT2D eigenvalue weighted by atomic mass is 16.2. The molecule has 2 amide bonds. The van der Waals surface area contributed by atoms with E-state index in [4.69, 9.17) is 4.98 Å². The summed E-state index contributed by atoms with van der Waals surface area (Å²) in [6.07, 6.45) is 8.41. The summed E-state index contributed by atoms with van der Waals surface area (Å²) in [4.78, 5) is 30.0. The zero-order valence-electron chi connectivity index (χ0n) is 16.5. The number of carbonyl (C=O) groups excluding carboxylic acids is 2. The number of amides is 2. The lowest BCUT2D eigenvalue weighted by Crippen LogP contribution is -2.19. The Morgan fingerprint density at radius 3 is 2.89 bits per heavy atom. The minimum Gasteiger partial charge on any atom is -0.367 e. The Hall–Kier alpha value is -2.90. The molecule has 28 heavy (non-hydrogen) atoms. The smallest absolute Gasteiger partial charge is 0.254 e. The molecule has 2 atom stereocenters. The van der Waals surface area contributed by atoms with Crippen molar-refractivity contribution in [2.75, 3.05) is 24.3 Å². The normalized spacial score (nSPS) is 22.8. The van der Waals surface area contributed by atoms with E-state index >= 15 is 0 Å². The summed E-state index contributed by atoms with van der Waals surface area (Å²) in [6, 6.07) is 2.47. The van der Waals surface area contributed by atoms with Crippen LogP contribution in [0.1, 0.15) is 44.6 Å². The Morgan fingerprint density at radius 1 is 1.39 bits per heavy atom. The molecule has 0 bridgehead atoms. The fraction of sp³-hybridized carbons (Fsp3) is 0.500. The zero-order chi connectivity index (χ0) is 19.8. The molecule has 8 heteroatoms. The number of nitrogens with zero attached hydrogens (tertiary/aromatic N) is 4. The molecular formula is C20H26N6O2. The first-order chi connectivity index (χ1) is 13.5. The van der Waals surface area contributed by atoms with Crippen LogP contribution in [0.15, 0.2) is 17.8 Å². The number of hydrogen-bond donors (Lipinski definition) is 2. The van der Waals surface area contributed by atoms with Gasteiger partial charge in [-0.25, -0.2) is 4.98 Å². The van der Waals surface area contributed by atoms with Gasteiger partial charge in [-0.15, -0.1) is 0 Å². The van der Waals surface area contributed by atoms with Crippen molar-refractivity contribution in [3.05, 3.63) is 23.4 Å². The Morgan fingerprint density at radius 2 is 2.21 bits per heavy atom. The monoisotopic (exact) mass is 382 g/mol. The van der Waals surface area contributed by atoms with Gasteiger partial charge >= 0.3 is 0 Å². The number of aromatic nitrogens is 3. The van der Waals surface area contributed by atoms with Crippen molar-refractivity contribution in [3.63, 3.8) is 0 Å². The van der Waals surface area contributed by atoms with Crippen molar-refractivity contribution in [1.82, 2.24) is 19.9 Å². The van der Waals surface area contributed by atoms with Gasteiger partial charge in [0.15, 0.2) is 5.65 Å². The highest BCUT2D eigenvalue weighted by molar-refractivity contribution is 6.15. The van der Waals surface area contributed by atoms with E-state index in [1.165, 1.54) is 25.7 Å². The number of hydrogen-bond acceptors (Lipinski definition) is 6. The van der Waals surface area contributed by atoms with Crippen LogP contribution in [-0.4, -0.2) is 46.5 Å². The molecule has 0 radical (unpaired) electrons. The number of anilines is 2. The maximum Gasteiger partial charge on any atom is 0.254 e. The van der Waals surface area contributed by atoms with E-state index in [0.717, 1.165) is 23.1 Å². The first-order valence-corrected chi connectivity index (χ1v) is 9.83. The Bertz CT molecular complexity index is 961. The lowest BCUT2D eigenvalue weighted by molar-refractivity contribution is -0.124. The quantitative estimate of drug-likeness (QED) is 0.564. The lowest BCUT2D eigenvalue weighted by Gasteiger charge is -2.15. The number of rotatable bonds is 7. The third-order valence-electron chi connectivity index (χ3n) is 5.35.